The van der Waals surface area contributed by atoms with Gasteiger partial charge in [-0.15, -0.1) is 0 Å². The zero-order chi connectivity index (χ0) is 19.2. The molecule has 0 unspecified atom stereocenters. The van der Waals surface area contributed by atoms with Crippen molar-refractivity contribution in [2.24, 2.45) is 0 Å². The molecular formula is C21H24FN3O2. The van der Waals surface area contributed by atoms with Crippen molar-refractivity contribution in [3.63, 3.8) is 0 Å². The summed E-state index contributed by atoms with van der Waals surface area (Å²) in [4.78, 5) is 26.5. The fraction of sp³-hybridized carbons (Fsp3) is 0.333. The largest absolute Gasteiger partial charge is 0.349 e. The molecular weight excluding hydrogens is 345 g/mol. The molecule has 6 heteroatoms. The molecule has 0 spiro atoms. The van der Waals surface area contributed by atoms with Gasteiger partial charge in [0.1, 0.15) is 5.82 Å². The van der Waals surface area contributed by atoms with Gasteiger partial charge in [0.15, 0.2) is 0 Å². The van der Waals surface area contributed by atoms with Gasteiger partial charge in [0.2, 0.25) is 5.91 Å². The maximum Gasteiger partial charge on any atom is 0.251 e. The first-order valence-corrected chi connectivity index (χ1v) is 9.15. The molecule has 3 rings (SSSR count). The molecule has 27 heavy (non-hydrogen) atoms. The number of carbonyl (C=O) groups excluding carboxylic acids is 2. The van der Waals surface area contributed by atoms with Crippen LogP contribution in [0.5, 0.6) is 0 Å². The minimum absolute atomic E-state index is 0.0373. The van der Waals surface area contributed by atoms with Crippen LogP contribution in [0.2, 0.25) is 0 Å². The maximum absolute atomic E-state index is 13.6. The number of piperidine rings is 1. The van der Waals surface area contributed by atoms with Crippen molar-refractivity contribution in [3.05, 3.63) is 65.5 Å². The number of amides is 2. The third kappa shape index (κ3) is 5.37. The van der Waals surface area contributed by atoms with Crippen molar-refractivity contribution in [3.8, 4) is 0 Å². The van der Waals surface area contributed by atoms with Gasteiger partial charge in [-0.25, -0.2) is 4.39 Å². The van der Waals surface area contributed by atoms with Gasteiger partial charge >= 0.3 is 0 Å². The Bertz CT molecular complexity index is 802. The smallest absolute Gasteiger partial charge is 0.251 e. The molecule has 0 atom stereocenters. The molecule has 142 valence electrons. The van der Waals surface area contributed by atoms with Crippen LogP contribution in [-0.2, 0) is 4.79 Å². The topological polar surface area (TPSA) is 61.4 Å². The summed E-state index contributed by atoms with van der Waals surface area (Å²) in [6.07, 6.45) is 1.53. The van der Waals surface area contributed by atoms with Gasteiger partial charge in [-0.1, -0.05) is 24.3 Å². The summed E-state index contributed by atoms with van der Waals surface area (Å²) in [5.41, 5.74) is 1.64. The van der Waals surface area contributed by atoms with Crippen molar-refractivity contribution in [2.45, 2.75) is 25.8 Å². The van der Waals surface area contributed by atoms with Gasteiger partial charge in [-0.05, 0) is 49.6 Å². The molecule has 0 aromatic heterocycles. The van der Waals surface area contributed by atoms with Crippen LogP contribution in [0, 0.1) is 12.7 Å². The van der Waals surface area contributed by atoms with Gasteiger partial charge in [-0.2, -0.15) is 0 Å². The lowest BCUT2D eigenvalue weighted by molar-refractivity contribution is -0.117. The van der Waals surface area contributed by atoms with Crippen molar-refractivity contribution in [1.82, 2.24) is 10.2 Å². The van der Waals surface area contributed by atoms with E-state index in [-0.39, 0.29) is 23.7 Å². The Kier molecular flexibility index (Phi) is 6.19. The molecule has 2 N–H and O–H groups in total. The summed E-state index contributed by atoms with van der Waals surface area (Å²) >= 11 is 0. The average Bonchev–Trinajstić information content (AvgIpc) is 2.66. The molecule has 0 radical (unpaired) electrons. The SMILES string of the molecule is Cc1ccc(C(=O)NC2CCN(CC(=O)Nc3ccccc3)CC2)cc1F. The molecule has 1 saturated heterocycles. The number of likely N-dealkylation sites (tertiary alicyclic amines) is 1. The van der Waals surface area contributed by atoms with Crippen molar-refractivity contribution in [1.29, 1.82) is 0 Å². The van der Waals surface area contributed by atoms with E-state index in [1.807, 2.05) is 30.3 Å². The fourth-order valence-corrected chi connectivity index (χ4v) is 3.16. The normalized spacial score (nSPS) is 15.3. The number of carbonyl (C=O) groups is 2. The monoisotopic (exact) mass is 369 g/mol. The summed E-state index contributed by atoms with van der Waals surface area (Å²) in [5, 5.41) is 5.84. The van der Waals surface area contributed by atoms with Crippen LogP contribution in [0.3, 0.4) is 0 Å². The molecule has 1 fully saturated rings. The van der Waals surface area contributed by atoms with Crippen molar-refractivity contribution >= 4 is 17.5 Å². The number of hydrogen-bond acceptors (Lipinski definition) is 3. The van der Waals surface area contributed by atoms with Crippen LogP contribution in [0.1, 0.15) is 28.8 Å². The average molecular weight is 369 g/mol. The first-order chi connectivity index (χ1) is 13.0. The lowest BCUT2D eigenvalue weighted by atomic mass is 10.0. The molecule has 1 aliphatic heterocycles. The quantitative estimate of drug-likeness (QED) is 0.852. The first-order valence-electron chi connectivity index (χ1n) is 9.15. The van der Waals surface area contributed by atoms with E-state index in [4.69, 9.17) is 0 Å². The van der Waals surface area contributed by atoms with E-state index in [1.54, 1.807) is 19.1 Å². The highest BCUT2D eigenvalue weighted by Gasteiger charge is 2.22. The number of rotatable bonds is 5. The number of anilines is 1. The highest BCUT2D eigenvalue weighted by molar-refractivity contribution is 5.94. The number of hydrogen-bond donors (Lipinski definition) is 2. The minimum Gasteiger partial charge on any atom is -0.349 e. The van der Waals surface area contributed by atoms with Gasteiger partial charge in [0, 0.05) is 30.4 Å². The van der Waals surface area contributed by atoms with Crippen LogP contribution in [-0.4, -0.2) is 42.4 Å². The van der Waals surface area contributed by atoms with E-state index in [2.05, 4.69) is 15.5 Å². The van der Waals surface area contributed by atoms with E-state index in [0.29, 0.717) is 17.7 Å². The van der Waals surface area contributed by atoms with Crippen molar-refractivity contribution in [2.75, 3.05) is 25.0 Å². The van der Waals surface area contributed by atoms with Gasteiger partial charge in [0.25, 0.3) is 5.91 Å². The Balaban J connectivity index is 1.44. The van der Waals surface area contributed by atoms with E-state index < -0.39 is 0 Å². The molecule has 0 aliphatic carbocycles. The second-order valence-electron chi connectivity index (χ2n) is 6.90. The Labute approximate surface area is 158 Å². The number of para-hydroxylation sites is 1. The number of nitrogens with zero attached hydrogens (tertiary/aromatic N) is 1. The van der Waals surface area contributed by atoms with E-state index in [9.17, 15) is 14.0 Å². The molecule has 1 heterocycles. The van der Waals surface area contributed by atoms with E-state index in [1.165, 1.54) is 6.07 Å². The van der Waals surface area contributed by atoms with Gasteiger partial charge in [-0.3, -0.25) is 14.5 Å². The molecule has 5 nitrogen and oxygen atoms in total. The van der Waals surface area contributed by atoms with Crippen molar-refractivity contribution < 1.29 is 14.0 Å². The second-order valence-corrected chi connectivity index (χ2v) is 6.90. The van der Waals surface area contributed by atoms with Crippen LogP contribution < -0.4 is 10.6 Å². The highest BCUT2D eigenvalue weighted by atomic mass is 19.1. The van der Waals surface area contributed by atoms with Gasteiger partial charge < -0.3 is 10.6 Å². The molecule has 2 aromatic carbocycles. The molecule has 0 saturated carbocycles. The number of halogens is 1. The van der Waals surface area contributed by atoms with Crippen LogP contribution >= 0.6 is 0 Å². The fourth-order valence-electron chi connectivity index (χ4n) is 3.16. The third-order valence-corrected chi connectivity index (χ3v) is 4.78. The van der Waals surface area contributed by atoms with Crippen LogP contribution in [0.15, 0.2) is 48.5 Å². The predicted octanol–water partition coefficient (Wildman–Crippen LogP) is 2.97. The Morgan fingerprint density at radius 3 is 2.48 bits per heavy atom. The summed E-state index contributed by atoms with van der Waals surface area (Å²) < 4.78 is 13.6. The Morgan fingerprint density at radius 1 is 1.11 bits per heavy atom. The second kappa shape index (κ2) is 8.77. The first kappa shape index (κ1) is 19.0. The summed E-state index contributed by atoms with van der Waals surface area (Å²) in [6.45, 7) is 3.46. The standard InChI is InChI=1S/C21H24FN3O2/c1-15-7-8-16(13-19(15)22)21(27)24-18-9-11-25(12-10-18)14-20(26)23-17-5-3-2-4-6-17/h2-8,13,18H,9-12,14H2,1H3,(H,23,26)(H,24,27). The van der Waals surface area contributed by atoms with Crippen LogP contribution in [0.25, 0.3) is 0 Å². The van der Waals surface area contributed by atoms with Gasteiger partial charge in [0.05, 0.1) is 6.54 Å². The minimum atomic E-state index is -0.373. The van der Waals surface area contributed by atoms with Crippen LogP contribution in [0.4, 0.5) is 10.1 Å². The molecule has 2 amide bonds. The summed E-state index contributed by atoms with van der Waals surface area (Å²) in [7, 11) is 0. The maximum atomic E-state index is 13.6. The molecule has 0 bridgehead atoms. The van der Waals surface area contributed by atoms with E-state index >= 15 is 0 Å². The number of nitrogens with one attached hydrogen (secondary N) is 2. The molecule has 2 aromatic rings. The third-order valence-electron chi connectivity index (χ3n) is 4.78. The number of benzene rings is 2. The zero-order valence-electron chi connectivity index (χ0n) is 15.4. The summed E-state index contributed by atoms with van der Waals surface area (Å²) in [5.74, 6) is -0.671. The number of aryl methyl sites for hydroxylation is 1. The lowest BCUT2D eigenvalue weighted by Crippen LogP contribution is -2.46. The summed E-state index contributed by atoms with van der Waals surface area (Å²) in [6, 6.07) is 13.9. The predicted molar refractivity (Wildman–Crippen MR) is 103 cm³/mol. The molecule has 1 aliphatic rings. The Morgan fingerprint density at radius 2 is 1.81 bits per heavy atom. The Hall–Kier alpha value is -2.73. The van der Waals surface area contributed by atoms with E-state index in [0.717, 1.165) is 31.6 Å². The zero-order valence-corrected chi connectivity index (χ0v) is 15.4. The highest BCUT2D eigenvalue weighted by Crippen LogP contribution is 2.13. The lowest BCUT2D eigenvalue weighted by Gasteiger charge is -2.31.